The first kappa shape index (κ1) is 16.7. The molecular weight excluding hydrogens is 370 g/mol. The monoisotopic (exact) mass is 388 g/mol. The molecule has 3 aromatic rings. The molecule has 0 aliphatic rings. The lowest BCUT2D eigenvalue weighted by Crippen LogP contribution is -3.08. The lowest BCUT2D eigenvalue weighted by atomic mass is 10.3. The minimum Gasteiger partial charge on any atom is -0.488 e. The Bertz CT molecular complexity index is 880. The first-order chi connectivity index (χ1) is 11.6. The highest BCUT2D eigenvalue weighted by molar-refractivity contribution is 9.10. The number of rotatable bonds is 6. The van der Waals surface area contributed by atoms with Crippen molar-refractivity contribution in [1.29, 1.82) is 0 Å². The average Bonchev–Trinajstić information content (AvgIpc) is 2.56. The number of hydrogen-bond donors (Lipinski definition) is 1. The fourth-order valence-electron chi connectivity index (χ4n) is 2.47. The van der Waals surface area contributed by atoms with Crippen LogP contribution in [0.15, 0.2) is 64.0 Å². The third-order valence-corrected chi connectivity index (χ3v) is 4.17. The van der Waals surface area contributed by atoms with E-state index in [4.69, 9.17) is 4.74 Å². The van der Waals surface area contributed by atoms with Crippen molar-refractivity contribution in [2.24, 2.45) is 0 Å². The predicted molar refractivity (Wildman–Crippen MR) is 96.6 cm³/mol. The SMILES string of the molecule is C[NH+](CCOc1ccccc1)Cc1cc(=O)n2cc(Br)ccc2n1. The van der Waals surface area contributed by atoms with E-state index in [2.05, 4.69) is 28.0 Å². The van der Waals surface area contributed by atoms with Gasteiger partial charge in [0.15, 0.2) is 0 Å². The van der Waals surface area contributed by atoms with E-state index in [-0.39, 0.29) is 5.56 Å². The van der Waals surface area contributed by atoms with Crippen LogP contribution in [0, 0.1) is 0 Å². The smallest absolute Gasteiger partial charge is 0.258 e. The van der Waals surface area contributed by atoms with Crippen molar-refractivity contribution < 1.29 is 9.64 Å². The van der Waals surface area contributed by atoms with Gasteiger partial charge in [-0.05, 0) is 40.2 Å². The molecule has 2 aromatic heterocycles. The van der Waals surface area contributed by atoms with Crippen molar-refractivity contribution >= 4 is 21.6 Å². The Hall–Kier alpha value is -2.18. The normalized spacial score (nSPS) is 12.2. The zero-order valence-corrected chi connectivity index (χ0v) is 15.0. The van der Waals surface area contributed by atoms with Crippen molar-refractivity contribution in [3.05, 3.63) is 75.2 Å². The summed E-state index contributed by atoms with van der Waals surface area (Å²) in [5, 5.41) is 0. The van der Waals surface area contributed by atoms with Crippen LogP contribution in [0.5, 0.6) is 5.75 Å². The number of halogens is 1. The highest BCUT2D eigenvalue weighted by Gasteiger charge is 2.09. The van der Waals surface area contributed by atoms with Gasteiger partial charge in [0.25, 0.3) is 5.56 Å². The predicted octanol–water partition coefficient (Wildman–Crippen LogP) is 1.55. The average molecular weight is 389 g/mol. The number of nitrogens with zero attached hydrogens (tertiary/aromatic N) is 2. The van der Waals surface area contributed by atoms with Crippen molar-refractivity contribution in [1.82, 2.24) is 9.38 Å². The van der Waals surface area contributed by atoms with Crippen LogP contribution in [0.25, 0.3) is 5.65 Å². The minimum absolute atomic E-state index is 0.0652. The second-order valence-corrected chi connectivity index (χ2v) is 6.62. The number of likely N-dealkylation sites (N-methyl/N-ethyl adjacent to an activating group) is 1. The van der Waals surface area contributed by atoms with Crippen LogP contribution in [0.2, 0.25) is 0 Å². The summed E-state index contributed by atoms with van der Waals surface area (Å²) in [6, 6.07) is 15.1. The molecule has 1 N–H and O–H groups in total. The zero-order valence-electron chi connectivity index (χ0n) is 13.4. The van der Waals surface area contributed by atoms with Gasteiger partial charge >= 0.3 is 0 Å². The Balaban J connectivity index is 1.62. The maximum absolute atomic E-state index is 12.2. The zero-order chi connectivity index (χ0) is 16.9. The van der Waals surface area contributed by atoms with Gasteiger partial charge in [-0.25, -0.2) is 4.98 Å². The van der Waals surface area contributed by atoms with E-state index in [0.717, 1.165) is 22.5 Å². The molecule has 0 spiro atoms. The molecule has 0 saturated carbocycles. The number of fused-ring (bicyclic) bond motifs is 1. The van der Waals surface area contributed by atoms with Crippen LogP contribution in [0.3, 0.4) is 0 Å². The molecule has 24 heavy (non-hydrogen) atoms. The highest BCUT2D eigenvalue weighted by Crippen LogP contribution is 2.09. The lowest BCUT2D eigenvalue weighted by Gasteiger charge is -2.14. The van der Waals surface area contributed by atoms with Gasteiger partial charge in [0, 0.05) is 16.7 Å². The van der Waals surface area contributed by atoms with Gasteiger partial charge in [-0.1, -0.05) is 18.2 Å². The maximum Gasteiger partial charge on any atom is 0.258 e. The summed E-state index contributed by atoms with van der Waals surface area (Å²) in [4.78, 5) is 18.0. The van der Waals surface area contributed by atoms with Gasteiger partial charge in [-0.2, -0.15) is 0 Å². The van der Waals surface area contributed by atoms with E-state index in [9.17, 15) is 4.79 Å². The third-order valence-electron chi connectivity index (χ3n) is 3.70. The van der Waals surface area contributed by atoms with Crippen molar-refractivity contribution in [2.45, 2.75) is 6.54 Å². The summed E-state index contributed by atoms with van der Waals surface area (Å²) in [5.41, 5.74) is 1.39. The molecule has 124 valence electrons. The quantitative estimate of drug-likeness (QED) is 0.696. The van der Waals surface area contributed by atoms with Crippen LogP contribution >= 0.6 is 15.9 Å². The standard InChI is InChI=1S/C18H18BrN3O2/c1-21(9-10-24-16-5-3-2-4-6-16)13-15-11-18(23)22-12-14(19)7-8-17(22)20-15/h2-8,11-12H,9-10,13H2,1H3/p+1. The van der Waals surface area contributed by atoms with Gasteiger partial charge in [-0.3, -0.25) is 9.20 Å². The number of para-hydroxylation sites is 1. The molecule has 1 unspecified atom stereocenters. The maximum atomic E-state index is 12.2. The second-order valence-electron chi connectivity index (χ2n) is 5.71. The number of aromatic nitrogens is 2. The number of pyridine rings is 1. The Morgan fingerprint density at radius 1 is 1.21 bits per heavy atom. The van der Waals surface area contributed by atoms with E-state index < -0.39 is 0 Å². The molecule has 0 bridgehead atoms. The summed E-state index contributed by atoms with van der Waals surface area (Å²) < 4.78 is 8.11. The summed E-state index contributed by atoms with van der Waals surface area (Å²) in [5.74, 6) is 0.873. The van der Waals surface area contributed by atoms with Crippen LogP contribution < -0.4 is 15.2 Å². The molecule has 3 rings (SSSR count). The number of benzene rings is 1. The van der Waals surface area contributed by atoms with Crippen molar-refractivity contribution in [2.75, 3.05) is 20.2 Å². The van der Waals surface area contributed by atoms with Gasteiger partial charge < -0.3 is 9.64 Å². The number of hydrogen-bond acceptors (Lipinski definition) is 3. The molecule has 0 radical (unpaired) electrons. The number of quaternary nitrogens is 1. The lowest BCUT2D eigenvalue weighted by molar-refractivity contribution is -0.894. The molecule has 1 aromatic carbocycles. The molecule has 0 aliphatic heterocycles. The Labute approximate surface area is 148 Å². The minimum atomic E-state index is -0.0652. The van der Waals surface area contributed by atoms with Gasteiger partial charge in [0.1, 0.15) is 36.8 Å². The molecule has 1 atom stereocenters. The van der Waals surface area contributed by atoms with Crippen LogP contribution in [0.1, 0.15) is 5.69 Å². The van der Waals surface area contributed by atoms with E-state index in [1.54, 1.807) is 16.7 Å². The molecule has 0 aliphatic carbocycles. The van der Waals surface area contributed by atoms with Crippen molar-refractivity contribution in [3.8, 4) is 5.75 Å². The Morgan fingerprint density at radius 3 is 2.79 bits per heavy atom. The van der Waals surface area contributed by atoms with Crippen LogP contribution in [-0.4, -0.2) is 29.6 Å². The first-order valence-corrected chi connectivity index (χ1v) is 8.58. The molecular formula is C18H19BrN3O2+. The highest BCUT2D eigenvalue weighted by atomic mass is 79.9. The fraction of sp³-hybridized carbons (Fsp3) is 0.222. The summed E-state index contributed by atoms with van der Waals surface area (Å²) >= 11 is 3.37. The van der Waals surface area contributed by atoms with Gasteiger partial charge in [0.05, 0.1) is 7.05 Å². The topological polar surface area (TPSA) is 48.0 Å². The van der Waals surface area contributed by atoms with Gasteiger partial charge in [-0.15, -0.1) is 0 Å². The van der Waals surface area contributed by atoms with Crippen molar-refractivity contribution in [3.63, 3.8) is 0 Å². The molecule has 2 heterocycles. The molecule has 0 fully saturated rings. The third kappa shape index (κ3) is 4.21. The number of ether oxygens (including phenoxy) is 1. The first-order valence-electron chi connectivity index (χ1n) is 7.79. The Morgan fingerprint density at radius 2 is 2.00 bits per heavy atom. The largest absolute Gasteiger partial charge is 0.488 e. The van der Waals surface area contributed by atoms with Crippen LogP contribution in [0.4, 0.5) is 0 Å². The molecule has 5 nitrogen and oxygen atoms in total. The van der Waals surface area contributed by atoms with Crippen LogP contribution in [-0.2, 0) is 6.54 Å². The van der Waals surface area contributed by atoms with Gasteiger partial charge in [0.2, 0.25) is 0 Å². The van der Waals surface area contributed by atoms with E-state index in [1.807, 2.05) is 42.5 Å². The summed E-state index contributed by atoms with van der Waals surface area (Å²) in [6.07, 6.45) is 1.73. The van der Waals surface area contributed by atoms with E-state index >= 15 is 0 Å². The molecule has 0 saturated heterocycles. The van der Waals surface area contributed by atoms with E-state index in [1.165, 1.54) is 4.90 Å². The molecule has 6 heteroatoms. The fourth-order valence-corrected chi connectivity index (χ4v) is 2.81. The summed E-state index contributed by atoms with van der Waals surface area (Å²) in [6.45, 7) is 2.13. The van der Waals surface area contributed by atoms with E-state index in [0.29, 0.717) is 18.8 Å². The molecule has 0 amide bonds. The number of nitrogens with one attached hydrogen (secondary N) is 1. The Kier molecular flexibility index (Phi) is 5.27. The summed E-state index contributed by atoms with van der Waals surface area (Å²) in [7, 11) is 2.07. The second kappa shape index (κ2) is 7.59.